The van der Waals surface area contributed by atoms with Crippen LogP contribution in [0.4, 0.5) is 14.6 Å². The van der Waals surface area contributed by atoms with Gasteiger partial charge in [0.25, 0.3) is 0 Å². The molecular weight excluding hydrogens is 466 g/mol. The Balaban J connectivity index is 1.58. The summed E-state index contributed by atoms with van der Waals surface area (Å²) >= 11 is 0. The number of aliphatic hydroxyl groups is 1. The van der Waals surface area contributed by atoms with E-state index in [1.807, 2.05) is 4.90 Å². The summed E-state index contributed by atoms with van der Waals surface area (Å²) in [5.41, 5.74) is -0.0518. The molecule has 2 atom stereocenters. The molecule has 2 bridgehead atoms. The van der Waals surface area contributed by atoms with Crippen LogP contribution in [0.3, 0.4) is 0 Å². The molecule has 1 saturated carbocycles. The summed E-state index contributed by atoms with van der Waals surface area (Å²) < 4.78 is 36.0. The number of hydrogen-bond acceptors (Lipinski definition) is 7. The Kier molecular flexibility index (Phi) is 5.16. The molecule has 7 nitrogen and oxygen atoms in total. The highest BCUT2D eigenvalue weighted by Crippen LogP contribution is 2.42. The molecule has 1 saturated heterocycles. The van der Waals surface area contributed by atoms with Crippen molar-refractivity contribution < 1.29 is 23.7 Å². The lowest BCUT2D eigenvalue weighted by molar-refractivity contribution is 0.0791. The fraction of sp³-hybridized carbons (Fsp3) is 0.296. The topological polar surface area (TPSA) is 91.6 Å². The van der Waals surface area contributed by atoms with Crippen molar-refractivity contribution in [3.63, 3.8) is 0 Å². The second kappa shape index (κ2) is 8.28. The smallest absolute Gasteiger partial charge is 0.318 e. The molecule has 2 aliphatic rings. The van der Waals surface area contributed by atoms with E-state index in [1.165, 1.54) is 37.6 Å². The zero-order valence-corrected chi connectivity index (χ0v) is 19.4. The molecule has 0 spiro atoms. The number of halogens is 2. The van der Waals surface area contributed by atoms with Gasteiger partial charge in [0.2, 0.25) is 0 Å². The zero-order chi connectivity index (χ0) is 25.1. The minimum atomic E-state index is -0.770. The van der Waals surface area contributed by atoms with Crippen molar-refractivity contribution in [2.45, 2.75) is 18.9 Å². The van der Waals surface area contributed by atoms with E-state index in [0.717, 1.165) is 12.8 Å². The number of aromatic hydroxyl groups is 1. The SMILES string of the molecule is C#Cc1c(F)ccc2cc(O)cc(-c3ncc4c(N5CC6CCC(C5)C6O)nc(OC)nc4c3F)c12. The summed E-state index contributed by atoms with van der Waals surface area (Å²) in [5.74, 6) is 1.51. The molecule has 1 aliphatic carbocycles. The first-order chi connectivity index (χ1) is 17.4. The number of phenolic OH excluding ortho intramolecular Hbond substituents is 1. The van der Waals surface area contributed by atoms with E-state index in [0.29, 0.717) is 29.7 Å². The van der Waals surface area contributed by atoms with E-state index in [4.69, 9.17) is 11.2 Å². The Morgan fingerprint density at radius 2 is 1.89 bits per heavy atom. The Bertz CT molecular complexity index is 1570. The third-order valence-corrected chi connectivity index (χ3v) is 7.36. The van der Waals surface area contributed by atoms with E-state index < -0.39 is 11.6 Å². The predicted octanol–water partition coefficient (Wildman–Crippen LogP) is 4.03. The maximum absolute atomic E-state index is 16.1. The van der Waals surface area contributed by atoms with Gasteiger partial charge in [0.05, 0.1) is 24.2 Å². The lowest BCUT2D eigenvalue weighted by atomic mass is 9.94. The largest absolute Gasteiger partial charge is 0.508 e. The van der Waals surface area contributed by atoms with Gasteiger partial charge in [-0.05, 0) is 36.4 Å². The second-order valence-corrected chi connectivity index (χ2v) is 9.37. The van der Waals surface area contributed by atoms with Crippen LogP contribution in [0.1, 0.15) is 18.4 Å². The zero-order valence-electron chi connectivity index (χ0n) is 19.4. The number of anilines is 1. The summed E-state index contributed by atoms with van der Waals surface area (Å²) in [6.45, 7) is 1.16. The van der Waals surface area contributed by atoms with Crippen molar-refractivity contribution in [1.29, 1.82) is 0 Å². The first-order valence-electron chi connectivity index (χ1n) is 11.6. The number of benzene rings is 2. The fourth-order valence-electron chi connectivity index (χ4n) is 5.66. The van der Waals surface area contributed by atoms with Gasteiger partial charge in [-0.15, -0.1) is 6.42 Å². The molecule has 2 aromatic heterocycles. The molecule has 2 unspecified atom stereocenters. The number of pyridine rings is 1. The average molecular weight is 488 g/mol. The summed E-state index contributed by atoms with van der Waals surface area (Å²) in [7, 11) is 1.40. The summed E-state index contributed by atoms with van der Waals surface area (Å²) in [6, 6.07) is 5.40. The second-order valence-electron chi connectivity index (χ2n) is 9.37. The number of rotatable bonds is 3. The lowest BCUT2D eigenvalue weighted by Crippen LogP contribution is -2.45. The van der Waals surface area contributed by atoms with Crippen LogP contribution in [-0.2, 0) is 0 Å². The van der Waals surface area contributed by atoms with Gasteiger partial charge < -0.3 is 19.8 Å². The Labute approximate surface area is 205 Å². The van der Waals surface area contributed by atoms with Gasteiger partial charge in [-0.2, -0.15) is 9.97 Å². The minimum Gasteiger partial charge on any atom is -0.508 e. The van der Waals surface area contributed by atoms with Crippen LogP contribution in [0.25, 0.3) is 32.9 Å². The average Bonchev–Trinajstić information content (AvgIpc) is 3.07. The summed E-state index contributed by atoms with van der Waals surface area (Å²) in [4.78, 5) is 15.2. The number of aliphatic hydroxyl groups excluding tert-OH is 1. The van der Waals surface area contributed by atoms with Crippen LogP contribution in [0.2, 0.25) is 0 Å². The van der Waals surface area contributed by atoms with Crippen LogP contribution >= 0.6 is 0 Å². The Morgan fingerprint density at radius 1 is 1.14 bits per heavy atom. The van der Waals surface area contributed by atoms with Crippen LogP contribution in [0.5, 0.6) is 11.8 Å². The van der Waals surface area contributed by atoms with Gasteiger partial charge >= 0.3 is 6.01 Å². The Morgan fingerprint density at radius 3 is 2.58 bits per heavy atom. The summed E-state index contributed by atoms with van der Waals surface area (Å²) in [5, 5.41) is 21.9. The normalized spacial score (nSPS) is 21.2. The molecule has 1 aliphatic heterocycles. The van der Waals surface area contributed by atoms with E-state index >= 15 is 4.39 Å². The van der Waals surface area contributed by atoms with Crippen LogP contribution < -0.4 is 9.64 Å². The van der Waals surface area contributed by atoms with Crippen molar-refractivity contribution in [3.8, 4) is 35.4 Å². The molecule has 6 rings (SSSR count). The molecule has 3 heterocycles. The van der Waals surface area contributed by atoms with E-state index in [9.17, 15) is 14.6 Å². The number of hydrogen-bond donors (Lipinski definition) is 2. The standard InChI is InChI=1S/C27H22F2N4O3/c1-3-17-20(28)7-6-13-8-16(34)9-18(21(13)17)23-22(29)24-19(10-30-23)26(32-27(31-24)36-2)33-11-14-4-5-15(12-33)25(14)35/h1,6-10,14-15,25,34-35H,4-5,11-12H2,2H3. The van der Waals surface area contributed by atoms with Crippen LogP contribution in [0, 0.1) is 35.8 Å². The molecule has 9 heteroatoms. The van der Waals surface area contributed by atoms with Crippen molar-refractivity contribution in [3.05, 3.63) is 47.7 Å². The number of piperidine rings is 1. The van der Waals surface area contributed by atoms with E-state index in [2.05, 4.69) is 20.9 Å². The number of phenols is 1. The maximum Gasteiger partial charge on any atom is 0.318 e. The quantitative estimate of drug-likeness (QED) is 0.421. The Hall–Kier alpha value is -4.03. The minimum absolute atomic E-state index is 0.0110. The number of terminal acetylenes is 1. The number of aromatic nitrogens is 3. The van der Waals surface area contributed by atoms with Crippen molar-refractivity contribution in [2.75, 3.05) is 25.1 Å². The molecule has 2 aromatic carbocycles. The molecule has 0 radical (unpaired) electrons. The summed E-state index contributed by atoms with van der Waals surface area (Å²) in [6.07, 6.45) is 8.57. The van der Waals surface area contributed by atoms with Crippen molar-refractivity contribution >= 4 is 27.5 Å². The van der Waals surface area contributed by atoms with Crippen LogP contribution in [0.15, 0.2) is 30.5 Å². The highest BCUT2D eigenvalue weighted by atomic mass is 19.1. The number of ether oxygens (including phenoxy) is 1. The van der Waals surface area contributed by atoms with Gasteiger partial charge in [0.15, 0.2) is 5.82 Å². The van der Waals surface area contributed by atoms with Crippen molar-refractivity contribution in [2.24, 2.45) is 11.8 Å². The third-order valence-electron chi connectivity index (χ3n) is 7.36. The molecule has 2 fully saturated rings. The first kappa shape index (κ1) is 22.4. The van der Waals surface area contributed by atoms with Gasteiger partial charge in [0.1, 0.15) is 28.6 Å². The number of nitrogens with zero attached hydrogens (tertiary/aromatic N) is 4. The molecular formula is C27H22F2N4O3. The van der Waals surface area contributed by atoms with Crippen LogP contribution in [-0.4, -0.2) is 51.5 Å². The monoisotopic (exact) mass is 488 g/mol. The van der Waals surface area contributed by atoms with Gasteiger partial charge in [-0.25, -0.2) is 8.78 Å². The highest BCUT2D eigenvalue weighted by molar-refractivity contribution is 6.03. The molecule has 36 heavy (non-hydrogen) atoms. The van der Waals surface area contributed by atoms with Gasteiger partial charge in [0, 0.05) is 42.1 Å². The fourth-order valence-corrected chi connectivity index (χ4v) is 5.66. The number of methoxy groups -OCH3 is 1. The third kappa shape index (κ3) is 3.33. The molecule has 0 amide bonds. The predicted molar refractivity (Wildman–Crippen MR) is 131 cm³/mol. The van der Waals surface area contributed by atoms with Crippen molar-refractivity contribution in [1.82, 2.24) is 15.0 Å². The first-order valence-corrected chi connectivity index (χ1v) is 11.6. The number of fused-ring (bicyclic) bond motifs is 4. The molecule has 2 N–H and O–H groups in total. The molecule has 4 aromatic rings. The highest BCUT2D eigenvalue weighted by Gasteiger charge is 2.42. The van der Waals surface area contributed by atoms with Gasteiger partial charge in [-0.3, -0.25) is 4.98 Å². The molecule has 182 valence electrons. The lowest BCUT2D eigenvalue weighted by Gasteiger charge is -2.36. The maximum atomic E-state index is 16.1. The van der Waals surface area contributed by atoms with E-state index in [1.54, 1.807) is 0 Å². The van der Waals surface area contributed by atoms with E-state index in [-0.39, 0.29) is 57.4 Å². The van der Waals surface area contributed by atoms with Gasteiger partial charge in [-0.1, -0.05) is 12.0 Å².